The Kier molecular flexibility index (Phi) is 5.89. The van der Waals surface area contributed by atoms with Crippen LogP contribution in [0.25, 0.3) is 0 Å². The molecule has 2 rings (SSSR count). The molecule has 24 heavy (non-hydrogen) atoms. The highest BCUT2D eigenvalue weighted by Crippen LogP contribution is 2.24. The van der Waals surface area contributed by atoms with E-state index in [1.165, 1.54) is 11.1 Å². The van der Waals surface area contributed by atoms with Gasteiger partial charge in [0, 0.05) is 10.7 Å². The number of carbonyl (C=O) groups excluding carboxylic acids is 1. The third-order valence-corrected chi connectivity index (χ3v) is 4.39. The van der Waals surface area contributed by atoms with Crippen molar-refractivity contribution in [2.45, 2.75) is 46.6 Å². The van der Waals surface area contributed by atoms with Crippen molar-refractivity contribution in [3.8, 4) is 5.75 Å². The number of anilines is 1. The first kappa shape index (κ1) is 18.3. The Labute approximate surface area is 149 Å². The van der Waals surface area contributed by atoms with E-state index >= 15 is 0 Å². The zero-order valence-electron chi connectivity index (χ0n) is 14.8. The molecular weight excluding hydrogens is 322 g/mol. The molecule has 0 saturated carbocycles. The van der Waals surface area contributed by atoms with Gasteiger partial charge in [0.15, 0.2) is 6.10 Å². The zero-order chi connectivity index (χ0) is 17.9. The van der Waals surface area contributed by atoms with Crippen LogP contribution in [0.2, 0.25) is 5.02 Å². The molecule has 1 N–H and O–H groups in total. The predicted octanol–water partition coefficient (Wildman–Crippen LogP) is 5.49. The van der Waals surface area contributed by atoms with E-state index in [2.05, 4.69) is 32.2 Å². The van der Waals surface area contributed by atoms with Crippen LogP contribution in [-0.4, -0.2) is 12.0 Å². The fraction of sp³-hybridized carbons (Fsp3) is 0.350. The Balaban J connectivity index is 2.03. The van der Waals surface area contributed by atoms with Crippen molar-refractivity contribution < 1.29 is 9.53 Å². The molecular formula is C20H24ClNO2. The van der Waals surface area contributed by atoms with Crippen LogP contribution in [-0.2, 0) is 4.79 Å². The summed E-state index contributed by atoms with van der Waals surface area (Å²) in [5.41, 5.74) is 4.09. The molecule has 2 aromatic rings. The summed E-state index contributed by atoms with van der Waals surface area (Å²) in [6, 6.07) is 11.4. The highest BCUT2D eigenvalue weighted by molar-refractivity contribution is 6.31. The monoisotopic (exact) mass is 345 g/mol. The lowest BCUT2D eigenvalue weighted by atomic mass is 9.98. The van der Waals surface area contributed by atoms with Crippen molar-refractivity contribution in [1.29, 1.82) is 0 Å². The van der Waals surface area contributed by atoms with E-state index in [9.17, 15) is 4.79 Å². The molecule has 4 heteroatoms. The molecule has 0 heterocycles. The zero-order valence-corrected chi connectivity index (χ0v) is 15.6. The predicted molar refractivity (Wildman–Crippen MR) is 100 cm³/mol. The quantitative estimate of drug-likeness (QED) is 0.778. The van der Waals surface area contributed by atoms with Gasteiger partial charge in [0.1, 0.15) is 5.75 Å². The van der Waals surface area contributed by atoms with Crippen LogP contribution in [0, 0.1) is 13.8 Å². The average Bonchev–Trinajstić information content (AvgIpc) is 2.50. The van der Waals surface area contributed by atoms with Crippen LogP contribution in [0.3, 0.4) is 0 Å². The van der Waals surface area contributed by atoms with Crippen molar-refractivity contribution in [2.24, 2.45) is 0 Å². The Morgan fingerprint density at radius 2 is 1.75 bits per heavy atom. The number of ether oxygens (including phenoxy) is 1. The van der Waals surface area contributed by atoms with Crippen LogP contribution in [0.4, 0.5) is 5.69 Å². The fourth-order valence-electron chi connectivity index (χ4n) is 2.54. The highest BCUT2D eigenvalue weighted by Gasteiger charge is 2.16. The number of benzene rings is 2. The molecule has 0 bridgehead atoms. The first-order chi connectivity index (χ1) is 11.3. The minimum Gasteiger partial charge on any atom is -0.481 e. The number of hydrogen-bond donors (Lipinski definition) is 1. The normalized spacial score (nSPS) is 12.1. The van der Waals surface area contributed by atoms with Gasteiger partial charge in [-0.15, -0.1) is 0 Å². The third kappa shape index (κ3) is 4.51. The number of carbonyl (C=O) groups is 1. The number of nitrogens with one attached hydrogen (secondary N) is 1. The van der Waals surface area contributed by atoms with Gasteiger partial charge in [-0.3, -0.25) is 4.79 Å². The van der Waals surface area contributed by atoms with Crippen LogP contribution in [0.1, 0.15) is 43.4 Å². The van der Waals surface area contributed by atoms with Gasteiger partial charge in [0.05, 0.1) is 0 Å². The maximum Gasteiger partial charge on any atom is 0.265 e. The molecule has 0 aromatic heterocycles. The van der Waals surface area contributed by atoms with E-state index in [1.807, 2.05) is 31.2 Å². The van der Waals surface area contributed by atoms with E-state index in [0.29, 0.717) is 22.4 Å². The van der Waals surface area contributed by atoms with Crippen LogP contribution < -0.4 is 10.1 Å². The summed E-state index contributed by atoms with van der Waals surface area (Å²) >= 11 is 6.08. The Hall–Kier alpha value is -2.00. The fourth-order valence-corrected chi connectivity index (χ4v) is 2.72. The van der Waals surface area contributed by atoms with Crippen molar-refractivity contribution in [1.82, 2.24) is 0 Å². The molecule has 2 aromatic carbocycles. The number of halogens is 1. The van der Waals surface area contributed by atoms with Gasteiger partial charge >= 0.3 is 0 Å². The van der Waals surface area contributed by atoms with Gasteiger partial charge in [-0.25, -0.2) is 0 Å². The van der Waals surface area contributed by atoms with Gasteiger partial charge in [0.2, 0.25) is 0 Å². The van der Waals surface area contributed by atoms with E-state index in [0.717, 1.165) is 5.56 Å². The summed E-state index contributed by atoms with van der Waals surface area (Å²) in [7, 11) is 0. The molecule has 0 aliphatic heterocycles. The minimum absolute atomic E-state index is 0.208. The molecule has 0 aliphatic rings. The van der Waals surface area contributed by atoms with Crippen LogP contribution in [0.5, 0.6) is 5.75 Å². The molecule has 0 radical (unpaired) electrons. The van der Waals surface area contributed by atoms with Crippen molar-refractivity contribution in [3.63, 3.8) is 0 Å². The summed E-state index contributed by atoms with van der Waals surface area (Å²) in [4.78, 5) is 12.3. The molecule has 1 atom stereocenters. The van der Waals surface area contributed by atoms with Gasteiger partial charge in [-0.05, 0) is 67.6 Å². The first-order valence-electron chi connectivity index (χ1n) is 8.12. The number of hydrogen-bond acceptors (Lipinski definition) is 2. The smallest absolute Gasteiger partial charge is 0.265 e. The highest BCUT2D eigenvalue weighted by atomic mass is 35.5. The lowest BCUT2D eigenvalue weighted by molar-refractivity contribution is -0.122. The average molecular weight is 346 g/mol. The Bertz CT molecular complexity index is 740. The minimum atomic E-state index is -0.602. The molecule has 0 saturated heterocycles. The molecule has 128 valence electrons. The molecule has 3 nitrogen and oxygen atoms in total. The van der Waals surface area contributed by atoms with Gasteiger partial charge in [-0.2, -0.15) is 0 Å². The summed E-state index contributed by atoms with van der Waals surface area (Å²) in [5, 5.41) is 3.45. The Morgan fingerprint density at radius 1 is 1.04 bits per heavy atom. The number of aryl methyl sites for hydroxylation is 2. The van der Waals surface area contributed by atoms with Crippen molar-refractivity contribution in [3.05, 3.63) is 58.1 Å². The van der Waals surface area contributed by atoms with Crippen molar-refractivity contribution >= 4 is 23.2 Å². The first-order valence-corrected chi connectivity index (χ1v) is 8.50. The van der Waals surface area contributed by atoms with E-state index in [1.54, 1.807) is 13.0 Å². The third-order valence-electron chi connectivity index (χ3n) is 3.98. The summed E-state index contributed by atoms with van der Waals surface area (Å²) < 4.78 is 5.77. The maximum absolute atomic E-state index is 12.3. The maximum atomic E-state index is 12.3. The lowest BCUT2D eigenvalue weighted by Crippen LogP contribution is -2.30. The second-order valence-corrected chi connectivity index (χ2v) is 6.79. The molecule has 1 amide bonds. The molecule has 1 unspecified atom stereocenters. The van der Waals surface area contributed by atoms with Gasteiger partial charge in [0.25, 0.3) is 5.91 Å². The van der Waals surface area contributed by atoms with E-state index in [4.69, 9.17) is 16.3 Å². The van der Waals surface area contributed by atoms with Crippen molar-refractivity contribution in [2.75, 3.05) is 5.32 Å². The summed E-state index contributed by atoms with van der Waals surface area (Å²) in [6.45, 7) is 10.0. The van der Waals surface area contributed by atoms with Gasteiger partial charge in [-0.1, -0.05) is 37.6 Å². The second kappa shape index (κ2) is 7.71. The SMILES string of the molecule is Cc1ccc(NC(=O)C(C)Oc2ccc(C(C)C)c(C)c2)cc1Cl. The van der Waals surface area contributed by atoms with E-state index in [-0.39, 0.29) is 5.91 Å². The van der Waals surface area contributed by atoms with Crippen LogP contribution in [0.15, 0.2) is 36.4 Å². The topological polar surface area (TPSA) is 38.3 Å². The molecule has 0 spiro atoms. The summed E-state index contributed by atoms with van der Waals surface area (Å²) in [5.74, 6) is 0.952. The largest absolute Gasteiger partial charge is 0.481 e. The molecule has 0 aliphatic carbocycles. The van der Waals surface area contributed by atoms with Crippen LogP contribution >= 0.6 is 11.6 Å². The number of amides is 1. The second-order valence-electron chi connectivity index (χ2n) is 6.39. The van der Waals surface area contributed by atoms with E-state index < -0.39 is 6.10 Å². The summed E-state index contributed by atoms with van der Waals surface area (Å²) in [6.07, 6.45) is -0.602. The van der Waals surface area contributed by atoms with Gasteiger partial charge < -0.3 is 10.1 Å². The number of rotatable bonds is 5. The Morgan fingerprint density at radius 3 is 2.33 bits per heavy atom. The molecule has 0 fully saturated rings. The lowest BCUT2D eigenvalue weighted by Gasteiger charge is -2.17. The standard InChI is InChI=1S/C20H24ClNO2/c1-12(2)18-9-8-17(10-14(18)4)24-15(5)20(23)22-16-7-6-13(3)19(21)11-16/h6-12,15H,1-5H3,(H,22,23).